The molecular weight excluding hydrogens is 152 g/mol. The van der Waals surface area contributed by atoms with Crippen molar-refractivity contribution in [3.63, 3.8) is 0 Å². The first-order valence-electron chi connectivity index (χ1n) is 4.77. The molecule has 1 spiro atoms. The van der Waals surface area contributed by atoms with Crippen LogP contribution >= 0.6 is 0 Å². The van der Waals surface area contributed by atoms with Crippen LogP contribution in [0.4, 0.5) is 0 Å². The normalized spacial score (nSPS) is 41.8. The predicted octanol–water partition coefficient (Wildman–Crippen LogP) is 1.98. The fourth-order valence-corrected chi connectivity index (χ4v) is 1.81. The van der Waals surface area contributed by atoms with Crippen LogP contribution in [-0.2, 0) is 9.47 Å². The minimum atomic E-state index is 0.232. The van der Waals surface area contributed by atoms with Crippen molar-refractivity contribution in [3.05, 3.63) is 0 Å². The first kappa shape index (κ1) is 8.52. The Labute approximate surface area is 74.2 Å². The summed E-state index contributed by atoms with van der Waals surface area (Å²) in [6, 6.07) is 0. The van der Waals surface area contributed by atoms with Crippen LogP contribution < -0.4 is 0 Å². The van der Waals surface area contributed by atoms with Crippen LogP contribution in [0.1, 0.15) is 33.6 Å². The van der Waals surface area contributed by atoms with Crippen LogP contribution in [0, 0.1) is 5.41 Å². The Bertz CT molecular complexity index is 177. The molecule has 2 unspecified atom stereocenters. The van der Waals surface area contributed by atoms with E-state index < -0.39 is 0 Å². The van der Waals surface area contributed by atoms with Gasteiger partial charge in [-0.25, -0.2) is 0 Å². The summed E-state index contributed by atoms with van der Waals surface area (Å²) in [5, 5.41) is 0. The molecule has 2 fully saturated rings. The number of epoxide rings is 1. The van der Waals surface area contributed by atoms with E-state index in [9.17, 15) is 0 Å². The molecule has 0 radical (unpaired) electrons. The molecule has 70 valence electrons. The molecule has 0 N–H and O–H groups in total. The minimum Gasteiger partial charge on any atom is -0.377 e. The van der Waals surface area contributed by atoms with Crippen molar-refractivity contribution >= 4 is 0 Å². The van der Waals surface area contributed by atoms with Crippen LogP contribution in [0.5, 0.6) is 0 Å². The molecular formula is C10H18O2. The maximum atomic E-state index is 5.74. The fraction of sp³-hybridized carbons (Fsp3) is 1.00. The summed E-state index contributed by atoms with van der Waals surface area (Å²) in [6.07, 6.45) is 2.57. The highest BCUT2D eigenvalue weighted by atomic mass is 16.6. The Kier molecular flexibility index (Phi) is 1.74. The van der Waals surface area contributed by atoms with E-state index in [0.717, 1.165) is 26.1 Å². The molecule has 0 saturated carbocycles. The van der Waals surface area contributed by atoms with Gasteiger partial charge in [0.05, 0.1) is 18.3 Å². The molecule has 2 rings (SSSR count). The molecule has 2 atom stereocenters. The van der Waals surface area contributed by atoms with E-state index in [1.807, 2.05) is 0 Å². The van der Waals surface area contributed by atoms with Crippen LogP contribution in [0.15, 0.2) is 0 Å². The van der Waals surface area contributed by atoms with Crippen molar-refractivity contribution in [1.29, 1.82) is 0 Å². The predicted molar refractivity (Wildman–Crippen MR) is 47.1 cm³/mol. The lowest BCUT2D eigenvalue weighted by atomic mass is 9.81. The summed E-state index contributed by atoms with van der Waals surface area (Å²) in [6.45, 7) is 8.54. The monoisotopic (exact) mass is 170 g/mol. The summed E-state index contributed by atoms with van der Waals surface area (Å²) >= 11 is 0. The second-order valence-corrected chi connectivity index (χ2v) is 5.15. The molecule has 2 nitrogen and oxygen atoms in total. The van der Waals surface area contributed by atoms with Crippen molar-refractivity contribution in [2.75, 3.05) is 13.2 Å². The third-order valence-corrected chi connectivity index (χ3v) is 2.95. The summed E-state index contributed by atoms with van der Waals surface area (Å²) in [7, 11) is 0. The van der Waals surface area contributed by atoms with Gasteiger partial charge in [0.1, 0.15) is 0 Å². The van der Waals surface area contributed by atoms with Gasteiger partial charge in [0.15, 0.2) is 0 Å². The van der Waals surface area contributed by atoms with E-state index >= 15 is 0 Å². The Morgan fingerprint density at radius 1 is 1.33 bits per heavy atom. The third-order valence-electron chi connectivity index (χ3n) is 2.95. The molecule has 12 heavy (non-hydrogen) atoms. The SMILES string of the molecule is CC(C)(C)C1CC2(CCO1)CO2. The Morgan fingerprint density at radius 2 is 2.00 bits per heavy atom. The lowest BCUT2D eigenvalue weighted by Crippen LogP contribution is -2.39. The number of ether oxygens (including phenoxy) is 2. The molecule has 0 bridgehead atoms. The molecule has 2 aliphatic heterocycles. The average molecular weight is 170 g/mol. The van der Waals surface area contributed by atoms with Gasteiger partial charge in [-0.15, -0.1) is 0 Å². The van der Waals surface area contributed by atoms with Crippen LogP contribution in [0.2, 0.25) is 0 Å². The van der Waals surface area contributed by atoms with Gasteiger partial charge in [0.2, 0.25) is 0 Å². The number of rotatable bonds is 0. The first-order valence-corrected chi connectivity index (χ1v) is 4.77. The topological polar surface area (TPSA) is 21.8 Å². The lowest BCUT2D eigenvalue weighted by molar-refractivity contribution is -0.0734. The van der Waals surface area contributed by atoms with Gasteiger partial charge in [-0.1, -0.05) is 20.8 Å². The summed E-state index contributed by atoms with van der Waals surface area (Å²) in [5.74, 6) is 0. The van der Waals surface area contributed by atoms with Crippen LogP contribution in [-0.4, -0.2) is 24.9 Å². The van der Waals surface area contributed by atoms with Gasteiger partial charge in [-0.3, -0.25) is 0 Å². The van der Waals surface area contributed by atoms with Gasteiger partial charge in [-0.05, 0) is 5.41 Å². The number of hydrogen-bond acceptors (Lipinski definition) is 2. The summed E-state index contributed by atoms with van der Waals surface area (Å²) in [4.78, 5) is 0. The van der Waals surface area contributed by atoms with Gasteiger partial charge < -0.3 is 9.47 Å². The Hall–Kier alpha value is -0.0800. The van der Waals surface area contributed by atoms with E-state index in [1.165, 1.54) is 0 Å². The average Bonchev–Trinajstić information content (AvgIpc) is 2.68. The van der Waals surface area contributed by atoms with Gasteiger partial charge in [0.25, 0.3) is 0 Å². The van der Waals surface area contributed by atoms with E-state index in [0.29, 0.717) is 6.10 Å². The highest BCUT2D eigenvalue weighted by molar-refractivity contribution is 4.99. The van der Waals surface area contributed by atoms with Crippen molar-refractivity contribution in [1.82, 2.24) is 0 Å². The molecule has 0 aromatic carbocycles. The van der Waals surface area contributed by atoms with Crippen molar-refractivity contribution < 1.29 is 9.47 Å². The lowest BCUT2D eigenvalue weighted by Gasteiger charge is -2.36. The summed E-state index contributed by atoms with van der Waals surface area (Å²) < 4.78 is 11.2. The van der Waals surface area contributed by atoms with E-state index in [1.54, 1.807) is 0 Å². The van der Waals surface area contributed by atoms with Crippen LogP contribution in [0.3, 0.4) is 0 Å². The molecule has 0 aliphatic carbocycles. The zero-order valence-corrected chi connectivity index (χ0v) is 8.22. The smallest absolute Gasteiger partial charge is 0.0963 e. The van der Waals surface area contributed by atoms with E-state index in [-0.39, 0.29) is 11.0 Å². The third kappa shape index (κ3) is 1.50. The second kappa shape index (κ2) is 2.46. The highest BCUT2D eigenvalue weighted by Gasteiger charge is 2.50. The molecule has 0 aromatic rings. The zero-order valence-electron chi connectivity index (χ0n) is 8.22. The Balaban J connectivity index is 1.99. The largest absolute Gasteiger partial charge is 0.377 e. The molecule has 2 heteroatoms. The van der Waals surface area contributed by atoms with Gasteiger partial charge >= 0.3 is 0 Å². The maximum absolute atomic E-state index is 5.74. The van der Waals surface area contributed by atoms with Crippen molar-refractivity contribution in [2.24, 2.45) is 5.41 Å². The maximum Gasteiger partial charge on any atom is 0.0963 e. The van der Waals surface area contributed by atoms with Crippen molar-refractivity contribution in [3.8, 4) is 0 Å². The molecule has 2 heterocycles. The summed E-state index contributed by atoms with van der Waals surface area (Å²) in [5.41, 5.74) is 0.496. The molecule has 0 aromatic heterocycles. The molecule has 2 saturated heterocycles. The molecule has 0 amide bonds. The molecule has 2 aliphatic rings. The first-order chi connectivity index (χ1) is 5.52. The fourth-order valence-electron chi connectivity index (χ4n) is 1.81. The van der Waals surface area contributed by atoms with Crippen LogP contribution in [0.25, 0.3) is 0 Å². The minimum absolute atomic E-state index is 0.232. The van der Waals surface area contributed by atoms with Gasteiger partial charge in [0, 0.05) is 19.4 Å². The zero-order chi connectivity index (χ0) is 8.82. The Morgan fingerprint density at radius 3 is 2.50 bits per heavy atom. The second-order valence-electron chi connectivity index (χ2n) is 5.15. The standard InChI is InChI=1S/C10H18O2/c1-9(2,3)8-6-10(7-12-10)4-5-11-8/h8H,4-7H2,1-3H3. The quantitative estimate of drug-likeness (QED) is 0.518. The highest BCUT2D eigenvalue weighted by Crippen LogP contribution is 2.43. The van der Waals surface area contributed by atoms with Crippen molar-refractivity contribution in [2.45, 2.75) is 45.3 Å². The van der Waals surface area contributed by atoms with E-state index in [4.69, 9.17) is 9.47 Å². The van der Waals surface area contributed by atoms with E-state index in [2.05, 4.69) is 20.8 Å². The number of hydrogen-bond donors (Lipinski definition) is 0. The van der Waals surface area contributed by atoms with Gasteiger partial charge in [-0.2, -0.15) is 0 Å².